The Morgan fingerprint density at radius 2 is 1.67 bits per heavy atom. The van der Waals surface area contributed by atoms with Crippen molar-refractivity contribution in [2.75, 3.05) is 51.7 Å². The molecule has 4 N–H and O–H groups in total. The van der Waals surface area contributed by atoms with E-state index in [-0.39, 0.29) is 29.7 Å². The lowest BCUT2D eigenvalue weighted by Gasteiger charge is -2.32. The number of piperidine rings is 1. The number of pyridine rings is 2. The summed E-state index contributed by atoms with van der Waals surface area (Å²) in [6, 6.07) is 16.9. The summed E-state index contributed by atoms with van der Waals surface area (Å²) in [5, 5.41) is 27.2. The Kier molecular flexibility index (Phi) is 21.3. The standard InChI is InChI=1S/C24H29N3O2.C23H36N6O2/c28-23(12-11-21-8-6-15-25-19-21)26-16-5-4-7-20-13-17-27(18-14-20)24(29)22-9-2-1-3-10-22;1-29(17-23(18-30)12-6-7-13-23)21(31)9-5-3-2-4-8-14-26-22(27-19-24)28-20-10-15-25-16-11-20/h1-3,6,8-12,15,19-20H,4-5,7,13-14,16-18H2,(H,26,28);10-11,15-16,30H,2-9,12-14,17-18H2,1H3,(H2,25,26,27,28)/b12-11+;. The number of aliphatic imine (C=N–C) groups is 1. The van der Waals surface area contributed by atoms with Crippen LogP contribution in [0.1, 0.15) is 112 Å². The maximum atomic E-state index is 12.5. The Morgan fingerprint density at radius 3 is 2.37 bits per heavy atom. The second kappa shape index (κ2) is 27.2. The van der Waals surface area contributed by atoms with Gasteiger partial charge in [-0.05, 0) is 92.8 Å². The third kappa shape index (κ3) is 17.7. The molecule has 1 aromatic carbocycles. The number of aliphatic hydroxyl groups excluding tert-OH is 1. The van der Waals surface area contributed by atoms with Crippen LogP contribution in [0.2, 0.25) is 0 Å². The molecular weight excluding hydrogens is 755 g/mol. The molecule has 3 heterocycles. The van der Waals surface area contributed by atoms with Gasteiger partial charge in [-0.25, -0.2) is 0 Å². The van der Waals surface area contributed by atoms with Gasteiger partial charge in [-0.1, -0.05) is 69.2 Å². The van der Waals surface area contributed by atoms with Gasteiger partial charge in [0.2, 0.25) is 17.8 Å². The van der Waals surface area contributed by atoms with Crippen LogP contribution in [-0.2, 0) is 9.59 Å². The molecule has 322 valence electrons. The summed E-state index contributed by atoms with van der Waals surface area (Å²) in [6.07, 6.45) is 27.2. The van der Waals surface area contributed by atoms with E-state index in [1.807, 2.05) is 77.6 Å². The normalized spacial score (nSPS) is 15.1. The van der Waals surface area contributed by atoms with Gasteiger partial charge in [0.15, 0.2) is 6.19 Å². The third-order valence-electron chi connectivity index (χ3n) is 11.3. The average Bonchev–Trinajstić information content (AvgIpc) is 3.76. The number of benzene rings is 1. The van der Waals surface area contributed by atoms with Crippen LogP contribution in [0.25, 0.3) is 6.08 Å². The van der Waals surface area contributed by atoms with Crippen LogP contribution < -0.4 is 16.0 Å². The molecule has 2 fully saturated rings. The maximum absolute atomic E-state index is 12.5. The number of carbonyl (C=O) groups excluding carboxylic acids is 3. The van der Waals surface area contributed by atoms with Gasteiger partial charge in [0.25, 0.3) is 5.91 Å². The summed E-state index contributed by atoms with van der Waals surface area (Å²) in [5.41, 5.74) is 2.44. The van der Waals surface area contributed by atoms with Crippen LogP contribution in [0.15, 0.2) is 90.5 Å². The number of rotatable bonds is 20. The maximum Gasteiger partial charge on any atom is 0.253 e. The zero-order chi connectivity index (χ0) is 42.7. The molecule has 2 aliphatic rings. The molecule has 1 aliphatic carbocycles. The summed E-state index contributed by atoms with van der Waals surface area (Å²) in [7, 11) is 1.86. The lowest BCUT2D eigenvalue weighted by molar-refractivity contribution is -0.131. The van der Waals surface area contributed by atoms with E-state index >= 15 is 0 Å². The monoisotopic (exact) mass is 820 g/mol. The summed E-state index contributed by atoms with van der Waals surface area (Å²) < 4.78 is 0. The van der Waals surface area contributed by atoms with Crippen molar-refractivity contribution in [2.24, 2.45) is 16.3 Å². The second-order valence-corrected chi connectivity index (χ2v) is 16.0. The van der Waals surface area contributed by atoms with Gasteiger partial charge >= 0.3 is 0 Å². The lowest BCUT2D eigenvalue weighted by Crippen LogP contribution is -2.39. The Morgan fingerprint density at radius 1 is 0.933 bits per heavy atom. The Bertz CT molecular complexity index is 1790. The van der Waals surface area contributed by atoms with Gasteiger partial charge < -0.3 is 25.5 Å². The van der Waals surface area contributed by atoms with E-state index in [4.69, 9.17) is 5.26 Å². The van der Waals surface area contributed by atoms with Crippen molar-refractivity contribution >= 4 is 35.4 Å². The molecule has 13 heteroatoms. The third-order valence-corrected chi connectivity index (χ3v) is 11.3. The number of unbranched alkanes of at least 4 members (excludes halogenated alkanes) is 5. The zero-order valence-corrected chi connectivity index (χ0v) is 35.4. The van der Waals surface area contributed by atoms with Gasteiger partial charge in [-0.2, -0.15) is 5.26 Å². The molecule has 5 rings (SSSR count). The number of guanidine groups is 1. The first-order valence-electron chi connectivity index (χ1n) is 21.7. The van der Waals surface area contributed by atoms with Crippen molar-refractivity contribution in [2.45, 2.75) is 96.3 Å². The predicted molar refractivity (Wildman–Crippen MR) is 237 cm³/mol. The first-order valence-corrected chi connectivity index (χ1v) is 21.7. The van der Waals surface area contributed by atoms with Gasteiger partial charge in [0.05, 0.1) is 6.61 Å². The molecule has 1 saturated carbocycles. The minimum atomic E-state index is -0.0730. The number of likely N-dealkylation sites (tertiary alicyclic amines) is 1. The van der Waals surface area contributed by atoms with Crippen LogP contribution in [-0.4, -0.2) is 94.9 Å². The summed E-state index contributed by atoms with van der Waals surface area (Å²) in [4.78, 5) is 52.9. The van der Waals surface area contributed by atoms with E-state index in [1.54, 1.807) is 36.9 Å². The Balaban J connectivity index is 0.000000265. The van der Waals surface area contributed by atoms with Crippen molar-refractivity contribution in [1.29, 1.82) is 5.26 Å². The van der Waals surface area contributed by atoms with Crippen molar-refractivity contribution in [3.05, 3.63) is 96.6 Å². The molecule has 1 aliphatic heterocycles. The summed E-state index contributed by atoms with van der Waals surface area (Å²) in [6.45, 7) is 3.86. The van der Waals surface area contributed by atoms with E-state index in [0.29, 0.717) is 37.9 Å². The zero-order valence-electron chi connectivity index (χ0n) is 35.4. The number of nitrogens with one attached hydrogen (secondary N) is 3. The summed E-state index contributed by atoms with van der Waals surface area (Å²) in [5.74, 6) is 1.37. The van der Waals surface area contributed by atoms with Gasteiger partial charge in [0.1, 0.15) is 0 Å². The second-order valence-electron chi connectivity index (χ2n) is 16.0. The SMILES string of the molecule is CN(CC1(CO)CCCC1)C(=O)CCCCCCCN=C(NC#N)Nc1ccncc1.O=C(/C=C/c1cccnc1)NCCCCC1CCN(C(=O)c2ccccc2)CC1. The molecule has 3 aromatic rings. The first kappa shape index (κ1) is 47.1. The lowest BCUT2D eigenvalue weighted by atomic mass is 9.86. The minimum absolute atomic E-state index is 0.0680. The molecule has 60 heavy (non-hydrogen) atoms. The quantitative estimate of drug-likeness (QED) is 0.0229. The van der Waals surface area contributed by atoms with Crippen LogP contribution in [0.4, 0.5) is 5.69 Å². The fourth-order valence-electron chi connectivity index (χ4n) is 7.78. The topological polar surface area (TPSA) is 176 Å². The number of aromatic nitrogens is 2. The highest BCUT2D eigenvalue weighted by Gasteiger charge is 2.35. The number of hydrogen-bond donors (Lipinski definition) is 4. The number of nitriles is 1. The molecule has 2 aromatic heterocycles. The van der Waals surface area contributed by atoms with Crippen LogP contribution in [0.5, 0.6) is 0 Å². The average molecular weight is 820 g/mol. The van der Waals surface area contributed by atoms with E-state index in [0.717, 1.165) is 120 Å². The summed E-state index contributed by atoms with van der Waals surface area (Å²) >= 11 is 0. The molecule has 0 bridgehead atoms. The van der Waals surface area contributed by atoms with E-state index in [2.05, 4.69) is 30.9 Å². The smallest absolute Gasteiger partial charge is 0.253 e. The number of aliphatic hydroxyl groups is 1. The van der Waals surface area contributed by atoms with Gasteiger partial charge in [-0.15, -0.1) is 0 Å². The van der Waals surface area contributed by atoms with Crippen molar-refractivity contribution < 1.29 is 19.5 Å². The van der Waals surface area contributed by atoms with Crippen LogP contribution in [0.3, 0.4) is 0 Å². The van der Waals surface area contributed by atoms with Crippen molar-refractivity contribution in [3.8, 4) is 6.19 Å². The van der Waals surface area contributed by atoms with Gasteiger partial charge in [-0.3, -0.25) is 34.7 Å². The molecule has 13 nitrogen and oxygen atoms in total. The number of hydrogen-bond acceptors (Lipinski definition) is 8. The number of nitrogens with zero attached hydrogens (tertiary/aromatic N) is 6. The number of amides is 3. The molecule has 1 saturated heterocycles. The largest absolute Gasteiger partial charge is 0.396 e. The fourth-order valence-corrected chi connectivity index (χ4v) is 7.78. The van der Waals surface area contributed by atoms with Crippen molar-refractivity contribution in [3.63, 3.8) is 0 Å². The number of anilines is 1. The molecule has 0 unspecified atom stereocenters. The number of carbonyl (C=O) groups is 3. The Hall–Kier alpha value is -5.61. The highest BCUT2D eigenvalue weighted by molar-refractivity contribution is 5.95. The highest BCUT2D eigenvalue weighted by Crippen LogP contribution is 2.38. The van der Waals surface area contributed by atoms with Crippen molar-refractivity contribution in [1.82, 2.24) is 30.4 Å². The molecule has 0 radical (unpaired) electrons. The van der Waals surface area contributed by atoms with Crippen LogP contribution in [0, 0.1) is 22.8 Å². The fraction of sp³-hybridized carbons (Fsp3) is 0.511. The van der Waals surface area contributed by atoms with E-state index in [9.17, 15) is 19.5 Å². The van der Waals surface area contributed by atoms with Crippen LogP contribution >= 0.6 is 0 Å². The molecule has 3 amide bonds. The Labute approximate surface area is 356 Å². The van der Waals surface area contributed by atoms with E-state index < -0.39 is 0 Å². The van der Waals surface area contributed by atoms with Gasteiger partial charge in [0, 0.05) is 93.7 Å². The molecular formula is C47H65N9O4. The molecule has 0 atom stereocenters. The minimum Gasteiger partial charge on any atom is -0.396 e. The highest BCUT2D eigenvalue weighted by atomic mass is 16.3. The van der Waals surface area contributed by atoms with E-state index in [1.165, 1.54) is 0 Å². The first-order chi connectivity index (χ1) is 29.3. The predicted octanol–water partition coefficient (Wildman–Crippen LogP) is 7.21. The molecule has 0 spiro atoms.